The molecule has 0 radical (unpaired) electrons. The first-order valence-corrected chi connectivity index (χ1v) is 4.89. The fraction of sp³-hybridized carbons (Fsp3) is 0.300. The third-order valence-electron chi connectivity index (χ3n) is 1.54. The first-order chi connectivity index (χ1) is 6.13. The standard InChI is InChI=1S/C10H11BrN2/c1-7(2)13-9-4-3-8(6-12)10(11)5-9/h3-5,7,13H,1-2H3. The van der Waals surface area contributed by atoms with Gasteiger partial charge in [-0.2, -0.15) is 5.26 Å². The van der Waals surface area contributed by atoms with E-state index in [0.29, 0.717) is 11.6 Å². The third kappa shape index (κ3) is 2.74. The molecule has 1 aromatic carbocycles. The molecule has 0 atom stereocenters. The SMILES string of the molecule is CC(C)Nc1ccc(C#N)c(Br)c1. The molecule has 0 aromatic heterocycles. The van der Waals surface area contributed by atoms with Crippen LogP contribution in [0.2, 0.25) is 0 Å². The summed E-state index contributed by atoms with van der Waals surface area (Å²) in [5.74, 6) is 0. The van der Waals surface area contributed by atoms with Crippen LogP contribution in [0.5, 0.6) is 0 Å². The molecule has 1 N–H and O–H groups in total. The smallest absolute Gasteiger partial charge is 0.100 e. The number of anilines is 1. The first-order valence-electron chi connectivity index (χ1n) is 4.09. The minimum Gasteiger partial charge on any atom is -0.383 e. The lowest BCUT2D eigenvalue weighted by Crippen LogP contribution is -2.09. The molecule has 0 heterocycles. The van der Waals surface area contributed by atoms with E-state index < -0.39 is 0 Å². The Morgan fingerprint density at radius 1 is 1.46 bits per heavy atom. The van der Waals surface area contributed by atoms with E-state index in [4.69, 9.17) is 5.26 Å². The van der Waals surface area contributed by atoms with Crippen molar-refractivity contribution < 1.29 is 0 Å². The van der Waals surface area contributed by atoms with Gasteiger partial charge < -0.3 is 5.32 Å². The van der Waals surface area contributed by atoms with Crippen molar-refractivity contribution >= 4 is 21.6 Å². The predicted molar refractivity (Wildman–Crippen MR) is 57.6 cm³/mol. The highest BCUT2D eigenvalue weighted by atomic mass is 79.9. The summed E-state index contributed by atoms with van der Waals surface area (Å²) >= 11 is 3.33. The summed E-state index contributed by atoms with van der Waals surface area (Å²) in [6.45, 7) is 4.15. The fourth-order valence-corrected chi connectivity index (χ4v) is 1.50. The second-order valence-electron chi connectivity index (χ2n) is 3.11. The average molecular weight is 239 g/mol. The largest absolute Gasteiger partial charge is 0.383 e. The van der Waals surface area contributed by atoms with Crippen LogP contribution < -0.4 is 5.32 Å². The van der Waals surface area contributed by atoms with Gasteiger partial charge in [-0.05, 0) is 48.0 Å². The topological polar surface area (TPSA) is 35.8 Å². The molecule has 68 valence electrons. The summed E-state index contributed by atoms with van der Waals surface area (Å²) in [7, 11) is 0. The molecule has 1 aromatic rings. The van der Waals surface area contributed by atoms with Crippen LogP contribution in [-0.4, -0.2) is 6.04 Å². The van der Waals surface area contributed by atoms with Crippen molar-refractivity contribution in [2.24, 2.45) is 0 Å². The van der Waals surface area contributed by atoms with Crippen LogP contribution in [0.1, 0.15) is 19.4 Å². The number of nitrogens with one attached hydrogen (secondary N) is 1. The molecule has 13 heavy (non-hydrogen) atoms. The summed E-state index contributed by atoms with van der Waals surface area (Å²) in [6, 6.07) is 8.13. The molecule has 0 fully saturated rings. The molecule has 0 aliphatic carbocycles. The van der Waals surface area contributed by atoms with Gasteiger partial charge in [-0.1, -0.05) is 0 Å². The number of hydrogen-bond acceptors (Lipinski definition) is 2. The summed E-state index contributed by atoms with van der Waals surface area (Å²) in [6.07, 6.45) is 0. The highest BCUT2D eigenvalue weighted by molar-refractivity contribution is 9.10. The van der Waals surface area contributed by atoms with Crippen LogP contribution in [0.25, 0.3) is 0 Å². The van der Waals surface area contributed by atoms with Gasteiger partial charge >= 0.3 is 0 Å². The monoisotopic (exact) mass is 238 g/mol. The molecule has 0 saturated heterocycles. The van der Waals surface area contributed by atoms with Crippen molar-refractivity contribution in [1.82, 2.24) is 0 Å². The number of halogens is 1. The fourth-order valence-electron chi connectivity index (χ4n) is 1.03. The molecule has 0 aliphatic rings. The minimum atomic E-state index is 0.403. The van der Waals surface area contributed by atoms with Crippen molar-refractivity contribution in [2.45, 2.75) is 19.9 Å². The maximum atomic E-state index is 8.69. The Balaban J connectivity index is 2.91. The first kappa shape index (κ1) is 10.1. The van der Waals surface area contributed by atoms with E-state index in [-0.39, 0.29) is 0 Å². The molecule has 0 aliphatic heterocycles. The lowest BCUT2D eigenvalue weighted by atomic mass is 10.2. The van der Waals surface area contributed by atoms with E-state index in [1.165, 1.54) is 0 Å². The lowest BCUT2D eigenvalue weighted by Gasteiger charge is -2.10. The van der Waals surface area contributed by atoms with Gasteiger partial charge in [0.25, 0.3) is 0 Å². The molecule has 0 amide bonds. The second-order valence-corrected chi connectivity index (χ2v) is 3.96. The van der Waals surface area contributed by atoms with Gasteiger partial charge in [0.2, 0.25) is 0 Å². The van der Waals surface area contributed by atoms with Gasteiger partial charge in [0.05, 0.1) is 5.56 Å². The van der Waals surface area contributed by atoms with Crippen LogP contribution in [0.4, 0.5) is 5.69 Å². The Hall–Kier alpha value is -1.01. The maximum Gasteiger partial charge on any atom is 0.100 e. The Morgan fingerprint density at radius 3 is 2.62 bits per heavy atom. The van der Waals surface area contributed by atoms with Gasteiger partial charge in [-0.15, -0.1) is 0 Å². The zero-order chi connectivity index (χ0) is 9.84. The van der Waals surface area contributed by atoms with Gasteiger partial charge in [0.15, 0.2) is 0 Å². The molecular weight excluding hydrogens is 228 g/mol. The second kappa shape index (κ2) is 4.29. The highest BCUT2D eigenvalue weighted by Gasteiger charge is 2.00. The number of rotatable bonds is 2. The molecule has 0 bridgehead atoms. The Kier molecular flexibility index (Phi) is 3.32. The van der Waals surface area contributed by atoms with E-state index in [1.807, 2.05) is 12.1 Å². The predicted octanol–water partition coefficient (Wildman–Crippen LogP) is 3.14. The molecule has 0 unspecified atom stereocenters. The van der Waals surface area contributed by atoms with Crippen molar-refractivity contribution in [3.05, 3.63) is 28.2 Å². The molecular formula is C10H11BrN2. The van der Waals surface area contributed by atoms with E-state index in [2.05, 4.69) is 41.2 Å². The quantitative estimate of drug-likeness (QED) is 0.860. The zero-order valence-corrected chi connectivity index (χ0v) is 9.22. The lowest BCUT2D eigenvalue weighted by molar-refractivity contribution is 0.899. The van der Waals surface area contributed by atoms with Crippen LogP contribution in [0.3, 0.4) is 0 Å². The molecule has 0 spiro atoms. The summed E-state index contributed by atoms with van der Waals surface area (Å²) in [5, 5.41) is 11.9. The van der Waals surface area contributed by atoms with Crippen molar-refractivity contribution in [1.29, 1.82) is 5.26 Å². The summed E-state index contributed by atoms with van der Waals surface area (Å²) in [5.41, 5.74) is 1.69. The van der Waals surface area contributed by atoms with Gasteiger partial charge in [-0.25, -0.2) is 0 Å². The third-order valence-corrected chi connectivity index (χ3v) is 2.20. The summed E-state index contributed by atoms with van der Waals surface area (Å²) in [4.78, 5) is 0. The van der Waals surface area contributed by atoms with Crippen LogP contribution in [0, 0.1) is 11.3 Å². The minimum absolute atomic E-state index is 0.403. The normalized spacial score (nSPS) is 9.77. The zero-order valence-electron chi connectivity index (χ0n) is 7.63. The van der Waals surface area contributed by atoms with Gasteiger partial charge in [0.1, 0.15) is 6.07 Å². The van der Waals surface area contributed by atoms with E-state index in [0.717, 1.165) is 10.2 Å². The number of nitrogens with zero attached hydrogens (tertiary/aromatic N) is 1. The van der Waals surface area contributed by atoms with Gasteiger partial charge in [0, 0.05) is 16.2 Å². The van der Waals surface area contributed by atoms with Crippen LogP contribution >= 0.6 is 15.9 Å². The van der Waals surface area contributed by atoms with Crippen molar-refractivity contribution in [3.8, 4) is 6.07 Å². The molecule has 1 rings (SSSR count). The number of hydrogen-bond donors (Lipinski definition) is 1. The maximum absolute atomic E-state index is 8.69. The van der Waals surface area contributed by atoms with Crippen molar-refractivity contribution in [3.63, 3.8) is 0 Å². The Labute approximate surface area is 86.7 Å². The van der Waals surface area contributed by atoms with Crippen LogP contribution in [-0.2, 0) is 0 Å². The Morgan fingerprint density at radius 2 is 2.15 bits per heavy atom. The van der Waals surface area contributed by atoms with Crippen molar-refractivity contribution in [2.75, 3.05) is 5.32 Å². The van der Waals surface area contributed by atoms with E-state index in [1.54, 1.807) is 6.07 Å². The number of nitriles is 1. The van der Waals surface area contributed by atoms with Gasteiger partial charge in [-0.3, -0.25) is 0 Å². The molecule has 3 heteroatoms. The Bertz CT molecular complexity index is 339. The molecule has 0 saturated carbocycles. The van der Waals surface area contributed by atoms with E-state index in [9.17, 15) is 0 Å². The molecule has 2 nitrogen and oxygen atoms in total. The average Bonchev–Trinajstić information content (AvgIpc) is 2.03. The van der Waals surface area contributed by atoms with E-state index >= 15 is 0 Å². The highest BCUT2D eigenvalue weighted by Crippen LogP contribution is 2.21. The van der Waals surface area contributed by atoms with Crippen LogP contribution in [0.15, 0.2) is 22.7 Å². The number of benzene rings is 1. The summed E-state index contributed by atoms with van der Waals surface area (Å²) < 4.78 is 0.834.